The molecule has 1 aromatic heterocycles. The molecule has 0 amide bonds. The van der Waals surface area contributed by atoms with Crippen LogP contribution in [0.5, 0.6) is 0 Å². The van der Waals surface area contributed by atoms with Gasteiger partial charge in [-0.3, -0.25) is 0 Å². The predicted molar refractivity (Wildman–Crippen MR) is 84.1 cm³/mol. The highest BCUT2D eigenvalue weighted by atomic mass is 32.1. The highest BCUT2D eigenvalue weighted by Crippen LogP contribution is 2.42. The monoisotopic (exact) mass is 272 g/mol. The number of hydrogen-bond acceptors (Lipinski definition) is 4. The normalized spacial score (nSPS) is 11.3. The Kier molecular flexibility index (Phi) is 3.05. The highest BCUT2D eigenvalue weighted by molar-refractivity contribution is 7.26. The number of fused-ring (bicyclic) bond motifs is 3. The number of nitrogen functional groups attached to an aromatic ring is 1. The van der Waals surface area contributed by atoms with Gasteiger partial charge in [-0.05, 0) is 18.2 Å². The number of benzene rings is 2. The first-order chi connectivity index (χ1) is 9.22. The molecule has 0 fully saturated rings. The van der Waals surface area contributed by atoms with Gasteiger partial charge in [-0.2, -0.15) is 0 Å². The van der Waals surface area contributed by atoms with Crippen molar-refractivity contribution in [3.8, 4) is 0 Å². The summed E-state index contributed by atoms with van der Waals surface area (Å²) in [6, 6.07) is 12.3. The molecule has 98 valence electrons. The molecule has 3 nitrogen and oxygen atoms in total. The Hall–Kier alpha value is -1.78. The van der Waals surface area contributed by atoms with E-state index in [0.717, 1.165) is 16.8 Å². The average molecular weight is 272 g/mol. The number of nitrogens with two attached hydrogens (primary N) is 1. The van der Waals surface area contributed by atoms with Crippen LogP contribution in [0.3, 0.4) is 0 Å². The molecule has 0 bridgehead atoms. The maximum atomic E-state index is 9.10. The number of hydrogen-bond donors (Lipinski definition) is 2. The van der Waals surface area contributed by atoms with Gasteiger partial charge < -0.3 is 15.7 Å². The molecule has 0 saturated carbocycles. The second-order valence-electron chi connectivity index (χ2n) is 4.62. The number of nitrogens with zero attached hydrogens (tertiary/aromatic N) is 1. The predicted octanol–water partition coefficient (Wildman–Crippen LogP) is 3.07. The van der Waals surface area contributed by atoms with Gasteiger partial charge in [0.2, 0.25) is 0 Å². The molecule has 3 N–H and O–H groups in total. The first kappa shape index (κ1) is 12.3. The molecule has 0 radical (unpaired) electrons. The number of aliphatic hydroxyl groups is 1. The standard InChI is InChI=1S/C15H16N2OS/c1-17(8-9-18)12-7-6-11(16)14-10-4-2-3-5-13(10)19-15(12)14/h2-7,18H,8-9,16H2,1H3. The van der Waals surface area contributed by atoms with E-state index in [1.54, 1.807) is 11.3 Å². The van der Waals surface area contributed by atoms with Crippen LogP contribution in [0, 0.1) is 0 Å². The first-order valence-electron chi connectivity index (χ1n) is 6.24. The van der Waals surface area contributed by atoms with Crippen LogP contribution in [0.4, 0.5) is 11.4 Å². The van der Waals surface area contributed by atoms with Crippen LogP contribution in [-0.2, 0) is 0 Å². The van der Waals surface area contributed by atoms with Crippen LogP contribution in [0.25, 0.3) is 20.2 Å². The molecule has 0 atom stereocenters. The van der Waals surface area contributed by atoms with E-state index in [1.807, 2.05) is 31.3 Å². The summed E-state index contributed by atoms with van der Waals surface area (Å²) < 4.78 is 2.44. The Labute approximate surface area is 115 Å². The summed E-state index contributed by atoms with van der Waals surface area (Å²) in [7, 11) is 1.99. The van der Waals surface area contributed by atoms with Gasteiger partial charge in [0.05, 0.1) is 17.0 Å². The van der Waals surface area contributed by atoms with E-state index in [4.69, 9.17) is 10.8 Å². The fourth-order valence-corrected chi connectivity index (χ4v) is 3.72. The van der Waals surface area contributed by atoms with Gasteiger partial charge in [-0.15, -0.1) is 11.3 Å². The van der Waals surface area contributed by atoms with Gasteiger partial charge in [0.1, 0.15) is 0 Å². The third-order valence-corrected chi connectivity index (χ3v) is 4.58. The Morgan fingerprint density at radius 3 is 2.79 bits per heavy atom. The molecule has 3 aromatic rings. The lowest BCUT2D eigenvalue weighted by Gasteiger charge is -2.19. The number of likely N-dealkylation sites (N-methyl/N-ethyl adjacent to an activating group) is 1. The van der Waals surface area contributed by atoms with Crippen molar-refractivity contribution in [1.29, 1.82) is 0 Å². The summed E-state index contributed by atoms with van der Waals surface area (Å²) in [5.74, 6) is 0. The van der Waals surface area contributed by atoms with Crippen molar-refractivity contribution in [2.24, 2.45) is 0 Å². The Bertz CT molecular complexity index is 735. The van der Waals surface area contributed by atoms with E-state index in [0.29, 0.717) is 6.54 Å². The molecule has 0 aliphatic heterocycles. The van der Waals surface area contributed by atoms with Crippen molar-refractivity contribution < 1.29 is 5.11 Å². The topological polar surface area (TPSA) is 49.5 Å². The van der Waals surface area contributed by atoms with E-state index in [9.17, 15) is 0 Å². The second kappa shape index (κ2) is 4.72. The van der Waals surface area contributed by atoms with E-state index in [1.165, 1.54) is 14.8 Å². The van der Waals surface area contributed by atoms with E-state index in [-0.39, 0.29) is 6.61 Å². The lowest BCUT2D eigenvalue weighted by atomic mass is 10.1. The fourth-order valence-electron chi connectivity index (χ4n) is 2.41. The molecule has 19 heavy (non-hydrogen) atoms. The lowest BCUT2D eigenvalue weighted by Crippen LogP contribution is -2.21. The maximum Gasteiger partial charge on any atom is 0.0609 e. The molecule has 0 unspecified atom stereocenters. The molecule has 1 heterocycles. The third-order valence-electron chi connectivity index (χ3n) is 3.38. The van der Waals surface area contributed by atoms with Crippen LogP contribution in [0.2, 0.25) is 0 Å². The van der Waals surface area contributed by atoms with Crippen molar-refractivity contribution in [1.82, 2.24) is 0 Å². The SMILES string of the molecule is CN(CCO)c1ccc(N)c2c1sc1ccccc12. The van der Waals surface area contributed by atoms with Gasteiger partial charge in [0.25, 0.3) is 0 Å². The summed E-state index contributed by atoms with van der Waals surface area (Å²) in [6.45, 7) is 0.764. The quantitative estimate of drug-likeness (QED) is 0.720. The molecule has 0 saturated heterocycles. The van der Waals surface area contributed by atoms with Crippen LogP contribution in [0.15, 0.2) is 36.4 Å². The molecular formula is C15H16N2OS. The zero-order valence-corrected chi connectivity index (χ0v) is 11.6. The van der Waals surface area contributed by atoms with Crippen LogP contribution in [0.1, 0.15) is 0 Å². The fraction of sp³-hybridized carbons (Fsp3) is 0.200. The third kappa shape index (κ3) is 1.93. The summed E-state index contributed by atoms with van der Waals surface area (Å²) >= 11 is 1.75. The smallest absolute Gasteiger partial charge is 0.0609 e. The Morgan fingerprint density at radius 2 is 2.00 bits per heavy atom. The number of rotatable bonds is 3. The number of aliphatic hydroxyl groups excluding tert-OH is 1. The average Bonchev–Trinajstić information content (AvgIpc) is 2.79. The molecule has 0 aliphatic rings. The first-order valence-corrected chi connectivity index (χ1v) is 7.05. The van der Waals surface area contributed by atoms with Gasteiger partial charge in [-0.25, -0.2) is 0 Å². The van der Waals surface area contributed by atoms with Crippen molar-refractivity contribution in [2.75, 3.05) is 30.8 Å². The van der Waals surface area contributed by atoms with E-state index < -0.39 is 0 Å². The maximum absolute atomic E-state index is 9.10. The van der Waals surface area contributed by atoms with Gasteiger partial charge >= 0.3 is 0 Å². The minimum atomic E-state index is 0.146. The molecular weight excluding hydrogens is 256 g/mol. The van der Waals surface area contributed by atoms with Crippen LogP contribution in [-0.4, -0.2) is 25.3 Å². The number of thiophene rings is 1. The van der Waals surface area contributed by atoms with Crippen LogP contribution < -0.4 is 10.6 Å². The Morgan fingerprint density at radius 1 is 1.21 bits per heavy atom. The van der Waals surface area contributed by atoms with Gasteiger partial charge in [0, 0.05) is 34.8 Å². The minimum absolute atomic E-state index is 0.146. The summed E-state index contributed by atoms with van der Waals surface area (Å²) in [4.78, 5) is 2.07. The van der Waals surface area contributed by atoms with E-state index in [2.05, 4.69) is 17.0 Å². The minimum Gasteiger partial charge on any atom is -0.398 e. The molecule has 4 heteroatoms. The van der Waals surface area contributed by atoms with Gasteiger partial charge in [0.15, 0.2) is 0 Å². The van der Waals surface area contributed by atoms with Crippen molar-refractivity contribution in [3.05, 3.63) is 36.4 Å². The zero-order chi connectivity index (χ0) is 13.4. The van der Waals surface area contributed by atoms with E-state index >= 15 is 0 Å². The van der Waals surface area contributed by atoms with Crippen molar-refractivity contribution >= 4 is 42.9 Å². The highest BCUT2D eigenvalue weighted by Gasteiger charge is 2.13. The summed E-state index contributed by atoms with van der Waals surface area (Å²) in [5.41, 5.74) is 8.09. The molecule has 2 aromatic carbocycles. The van der Waals surface area contributed by atoms with Crippen molar-refractivity contribution in [2.45, 2.75) is 0 Å². The van der Waals surface area contributed by atoms with Crippen molar-refractivity contribution in [3.63, 3.8) is 0 Å². The molecule has 0 spiro atoms. The molecule has 3 rings (SSSR count). The lowest BCUT2D eigenvalue weighted by molar-refractivity contribution is 0.304. The molecule has 0 aliphatic carbocycles. The summed E-state index contributed by atoms with van der Waals surface area (Å²) in [5, 5.41) is 11.4. The Balaban J connectivity index is 2.33. The second-order valence-corrected chi connectivity index (χ2v) is 5.67. The largest absolute Gasteiger partial charge is 0.398 e. The number of anilines is 2. The van der Waals surface area contributed by atoms with Gasteiger partial charge in [-0.1, -0.05) is 18.2 Å². The summed E-state index contributed by atoms with van der Waals surface area (Å²) in [6.07, 6.45) is 0. The zero-order valence-electron chi connectivity index (χ0n) is 10.8. The van der Waals surface area contributed by atoms with Crippen LogP contribution >= 0.6 is 11.3 Å².